The fraction of sp³-hybridized carbons (Fsp3) is 0.885. The van der Waals surface area contributed by atoms with E-state index in [1.165, 1.54) is 64.2 Å². The lowest BCUT2D eigenvalue weighted by Gasteiger charge is -2.17. The van der Waals surface area contributed by atoms with E-state index in [1.807, 2.05) is 0 Å². The molecule has 214 valence electrons. The van der Waals surface area contributed by atoms with Crippen molar-refractivity contribution in [2.24, 2.45) is 0 Å². The molecule has 0 aliphatic carbocycles. The lowest BCUT2D eigenvalue weighted by molar-refractivity contribution is -0.147. The molecule has 0 aromatic heterocycles. The van der Waals surface area contributed by atoms with Gasteiger partial charge in [0.25, 0.3) is 0 Å². The highest BCUT2D eigenvalue weighted by atomic mass is 16.4. The van der Waals surface area contributed by atoms with Crippen LogP contribution in [0.3, 0.4) is 0 Å². The van der Waals surface area contributed by atoms with Crippen LogP contribution in [0, 0.1) is 0 Å². The Kier molecular flexibility index (Phi) is 28.1. The van der Waals surface area contributed by atoms with E-state index in [4.69, 9.17) is 25.5 Å². The van der Waals surface area contributed by atoms with E-state index in [2.05, 4.69) is 12.2 Å². The van der Waals surface area contributed by atoms with Crippen LogP contribution in [0.5, 0.6) is 0 Å². The van der Waals surface area contributed by atoms with Crippen molar-refractivity contribution in [2.75, 3.05) is 39.5 Å². The highest BCUT2D eigenvalue weighted by molar-refractivity contribution is 5.86. The summed E-state index contributed by atoms with van der Waals surface area (Å²) in [6.07, 6.45) is 15.5. The predicted molar refractivity (Wildman–Crippen MR) is 140 cm³/mol. The molecule has 0 aromatic rings. The number of carbonyl (C=O) groups excluding carboxylic acids is 1. The first-order chi connectivity index (χ1) is 17.3. The summed E-state index contributed by atoms with van der Waals surface area (Å²) < 4.78 is 0. The van der Waals surface area contributed by atoms with Crippen LogP contribution in [0.25, 0.3) is 0 Å². The number of hydrogen-bond donors (Lipinski definition) is 6. The molecule has 0 spiro atoms. The monoisotopic (exact) mass is 520 g/mol. The Labute approximate surface area is 217 Å². The highest BCUT2D eigenvalue weighted by Gasteiger charge is 2.22. The summed E-state index contributed by atoms with van der Waals surface area (Å²) in [5.74, 6) is -2.94. The van der Waals surface area contributed by atoms with E-state index in [9.17, 15) is 14.4 Å². The third kappa shape index (κ3) is 26.8. The average molecular weight is 521 g/mol. The summed E-state index contributed by atoms with van der Waals surface area (Å²) in [4.78, 5) is 34.9. The maximum atomic E-state index is 11.7. The van der Waals surface area contributed by atoms with Gasteiger partial charge in [0.1, 0.15) is 6.04 Å². The van der Waals surface area contributed by atoms with E-state index in [0.29, 0.717) is 26.1 Å². The smallest absolute Gasteiger partial charge is 0.326 e. The number of amides is 1. The molecule has 0 radical (unpaired) electrons. The molecule has 0 unspecified atom stereocenters. The van der Waals surface area contributed by atoms with E-state index in [-0.39, 0.29) is 32.1 Å². The Morgan fingerprint density at radius 1 is 0.667 bits per heavy atom. The summed E-state index contributed by atoms with van der Waals surface area (Å²) >= 11 is 0. The van der Waals surface area contributed by atoms with Crippen molar-refractivity contribution in [1.29, 1.82) is 0 Å². The number of hydrogen-bond acceptors (Lipinski definition) is 7. The minimum Gasteiger partial charge on any atom is -0.481 e. The largest absolute Gasteiger partial charge is 0.481 e. The molecular weight excluding hydrogens is 468 g/mol. The molecule has 0 aromatic carbocycles. The molecule has 0 saturated heterocycles. The van der Waals surface area contributed by atoms with Crippen LogP contribution in [0.1, 0.15) is 103 Å². The quantitative estimate of drug-likeness (QED) is 0.105. The lowest BCUT2D eigenvalue weighted by Crippen LogP contribution is -2.42. The van der Waals surface area contributed by atoms with Crippen molar-refractivity contribution in [3.63, 3.8) is 0 Å². The zero-order valence-corrected chi connectivity index (χ0v) is 22.3. The summed E-state index contributed by atoms with van der Waals surface area (Å²) in [6, 6.07) is -1.35. The number of aliphatic carboxylic acids is 2. The van der Waals surface area contributed by atoms with Crippen molar-refractivity contribution in [3.8, 4) is 0 Å². The van der Waals surface area contributed by atoms with E-state index >= 15 is 0 Å². The first-order valence-corrected chi connectivity index (χ1v) is 13.6. The van der Waals surface area contributed by atoms with Crippen LogP contribution in [-0.4, -0.2) is 93.8 Å². The molecule has 0 aliphatic heterocycles. The fourth-order valence-corrected chi connectivity index (χ4v) is 3.70. The number of nitrogens with zero attached hydrogens (tertiary/aromatic N) is 1. The standard InChI is InChI=1S/C20H37NO5.C6H15NO3/c1-2-3-4-5-6-7-8-9-10-11-12-13-14-15-18(22)21-17(20(25)26)16-19(23)24;8-4-1-7(2-5-9)3-6-10/h17H,2-16H2,1H3,(H,21,22)(H,23,24)(H,25,26);8-10H,1-6H2/t17-;/m0./s1. The summed E-state index contributed by atoms with van der Waals surface area (Å²) in [5, 5.41) is 45.2. The molecule has 0 saturated carbocycles. The Bertz CT molecular complexity index is 520. The molecule has 1 atom stereocenters. The molecular formula is C26H52N2O8. The minimum absolute atomic E-state index is 0.0694. The number of carboxylic acids is 2. The van der Waals surface area contributed by atoms with Gasteiger partial charge in [-0.2, -0.15) is 0 Å². The number of unbranched alkanes of at least 4 members (excludes halogenated alkanes) is 12. The van der Waals surface area contributed by atoms with E-state index in [1.54, 1.807) is 4.90 Å². The summed E-state index contributed by atoms with van der Waals surface area (Å²) in [6.45, 7) is 3.99. The summed E-state index contributed by atoms with van der Waals surface area (Å²) in [5.41, 5.74) is 0. The van der Waals surface area contributed by atoms with Gasteiger partial charge >= 0.3 is 11.9 Å². The third-order valence-corrected chi connectivity index (χ3v) is 5.77. The van der Waals surface area contributed by atoms with Crippen LogP contribution in [0.4, 0.5) is 0 Å². The zero-order chi connectivity index (χ0) is 27.4. The number of aliphatic hydroxyl groups is 3. The van der Waals surface area contributed by atoms with Gasteiger partial charge in [-0.25, -0.2) is 4.79 Å². The fourth-order valence-electron chi connectivity index (χ4n) is 3.70. The van der Waals surface area contributed by atoms with E-state index in [0.717, 1.165) is 12.8 Å². The molecule has 10 nitrogen and oxygen atoms in total. The molecule has 6 N–H and O–H groups in total. The third-order valence-electron chi connectivity index (χ3n) is 5.77. The van der Waals surface area contributed by atoms with Crippen molar-refractivity contribution in [1.82, 2.24) is 10.2 Å². The van der Waals surface area contributed by atoms with Crippen molar-refractivity contribution in [3.05, 3.63) is 0 Å². The van der Waals surface area contributed by atoms with Crippen LogP contribution in [-0.2, 0) is 14.4 Å². The second-order valence-corrected chi connectivity index (χ2v) is 9.06. The molecule has 0 aliphatic rings. The zero-order valence-electron chi connectivity index (χ0n) is 22.3. The number of carbonyl (C=O) groups is 3. The Morgan fingerprint density at radius 3 is 1.39 bits per heavy atom. The van der Waals surface area contributed by atoms with Crippen molar-refractivity contribution in [2.45, 2.75) is 109 Å². The normalized spacial score (nSPS) is 11.6. The van der Waals surface area contributed by atoms with Crippen molar-refractivity contribution >= 4 is 17.8 Å². The minimum atomic E-state index is -1.35. The second-order valence-electron chi connectivity index (χ2n) is 9.06. The molecule has 1 amide bonds. The number of aliphatic hydroxyl groups excluding tert-OH is 3. The Morgan fingerprint density at radius 2 is 1.06 bits per heavy atom. The summed E-state index contributed by atoms with van der Waals surface area (Å²) in [7, 11) is 0. The SMILES string of the molecule is CCCCCCCCCCCCCCCC(=O)N[C@@H](CC(=O)O)C(=O)O.OCCN(CCO)CCO. The molecule has 10 heteroatoms. The number of rotatable bonds is 24. The van der Waals surface area contributed by atoms with Gasteiger partial charge in [-0.15, -0.1) is 0 Å². The van der Waals surface area contributed by atoms with Gasteiger partial charge in [0.05, 0.1) is 26.2 Å². The van der Waals surface area contributed by atoms with Gasteiger partial charge in [-0.05, 0) is 6.42 Å². The first kappa shape index (κ1) is 36.4. The van der Waals surface area contributed by atoms with Crippen molar-refractivity contribution < 1.29 is 39.9 Å². The maximum absolute atomic E-state index is 11.7. The van der Waals surface area contributed by atoms with Crippen LogP contribution < -0.4 is 5.32 Å². The molecule has 0 fully saturated rings. The molecule has 0 rings (SSSR count). The highest BCUT2D eigenvalue weighted by Crippen LogP contribution is 2.13. The van der Waals surface area contributed by atoms with Gasteiger partial charge in [0.2, 0.25) is 5.91 Å². The van der Waals surface area contributed by atoms with Crippen LogP contribution in [0.15, 0.2) is 0 Å². The Balaban J connectivity index is 0. The molecule has 36 heavy (non-hydrogen) atoms. The van der Waals surface area contributed by atoms with Crippen LogP contribution >= 0.6 is 0 Å². The first-order valence-electron chi connectivity index (χ1n) is 13.6. The Hall–Kier alpha value is -1.75. The number of carboxylic acid groups (broad SMARTS) is 2. The van der Waals surface area contributed by atoms with Gasteiger partial charge in [0, 0.05) is 26.1 Å². The molecule has 0 bridgehead atoms. The number of nitrogens with one attached hydrogen (secondary N) is 1. The average Bonchev–Trinajstić information content (AvgIpc) is 2.82. The lowest BCUT2D eigenvalue weighted by atomic mass is 10.0. The van der Waals surface area contributed by atoms with Crippen LogP contribution in [0.2, 0.25) is 0 Å². The predicted octanol–water partition coefficient (Wildman–Crippen LogP) is 2.78. The van der Waals surface area contributed by atoms with Gasteiger partial charge in [-0.1, -0.05) is 84.0 Å². The maximum Gasteiger partial charge on any atom is 0.326 e. The van der Waals surface area contributed by atoms with E-state index < -0.39 is 24.4 Å². The van der Waals surface area contributed by atoms with Gasteiger partial charge < -0.3 is 30.8 Å². The topological polar surface area (TPSA) is 168 Å². The molecule has 0 heterocycles. The van der Waals surface area contributed by atoms with Gasteiger partial charge in [-0.3, -0.25) is 14.5 Å². The van der Waals surface area contributed by atoms with Gasteiger partial charge in [0.15, 0.2) is 0 Å². The second kappa shape index (κ2) is 27.8.